The van der Waals surface area contributed by atoms with E-state index in [1.807, 2.05) is 0 Å². The molecule has 0 amide bonds. The van der Waals surface area contributed by atoms with Crippen LogP contribution in [-0.4, -0.2) is 19.6 Å². The third kappa shape index (κ3) is 3.21. The fourth-order valence-electron chi connectivity index (χ4n) is 3.27. The van der Waals surface area contributed by atoms with Crippen LogP contribution in [0.15, 0.2) is 0 Å². The molecule has 0 unspecified atom stereocenters. The summed E-state index contributed by atoms with van der Waals surface area (Å²) in [5, 5.41) is 3.65. The van der Waals surface area contributed by atoms with Crippen molar-refractivity contribution in [2.75, 3.05) is 19.6 Å². The first kappa shape index (κ1) is 12.4. The zero-order chi connectivity index (χ0) is 11.3. The molecule has 0 atom stereocenters. The van der Waals surface area contributed by atoms with Gasteiger partial charge >= 0.3 is 0 Å². The first-order chi connectivity index (χ1) is 7.85. The molecular weight excluding hydrogens is 196 g/mol. The second-order valence-electron chi connectivity index (χ2n) is 6.03. The highest BCUT2D eigenvalue weighted by atomic mass is 14.9. The monoisotopic (exact) mass is 224 g/mol. The summed E-state index contributed by atoms with van der Waals surface area (Å²) in [5.74, 6) is 1.01. The lowest BCUT2D eigenvalue weighted by Gasteiger charge is -2.41. The topological polar surface area (TPSA) is 38.0 Å². The van der Waals surface area contributed by atoms with Gasteiger partial charge in [-0.25, -0.2) is 0 Å². The van der Waals surface area contributed by atoms with Crippen LogP contribution in [0.3, 0.4) is 0 Å². The molecule has 0 radical (unpaired) electrons. The van der Waals surface area contributed by atoms with Crippen LogP contribution < -0.4 is 11.1 Å². The molecule has 2 saturated carbocycles. The molecule has 2 heteroatoms. The van der Waals surface area contributed by atoms with Crippen molar-refractivity contribution in [2.45, 2.75) is 57.8 Å². The maximum atomic E-state index is 5.85. The largest absolute Gasteiger partial charge is 0.330 e. The molecule has 3 N–H and O–H groups in total. The van der Waals surface area contributed by atoms with Gasteiger partial charge in [0.1, 0.15) is 0 Å². The first-order valence-corrected chi connectivity index (χ1v) is 7.25. The maximum absolute atomic E-state index is 5.85. The fourth-order valence-corrected chi connectivity index (χ4v) is 3.27. The summed E-state index contributed by atoms with van der Waals surface area (Å²) in [4.78, 5) is 0. The van der Waals surface area contributed by atoms with Crippen LogP contribution >= 0.6 is 0 Å². The molecule has 2 aliphatic rings. The first-order valence-electron chi connectivity index (χ1n) is 7.25. The minimum Gasteiger partial charge on any atom is -0.330 e. The van der Waals surface area contributed by atoms with Crippen molar-refractivity contribution in [3.8, 4) is 0 Å². The van der Waals surface area contributed by atoms with Gasteiger partial charge in [-0.15, -0.1) is 0 Å². The molecule has 0 aromatic heterocycles. The highest BCUT2D eigenvalue weighted by Crippen LogP contribution is 2.39. The molecule has 2 aliphatic carbocycles. The maximum Gasteiger partial charge on any atom is 0.00199 e. The van der Waals surface area contributed by atoms with Crippen molar-refractivity contribution in [3.63, 3.8) is 0 Å². The molecule has 0 aromatic carbocycles. The summed E-state index contributed by atoms with van der Waals surface area (Å²) in [7, 11) is 0. The van der Waals surface area contributed by atoms with Gasteiger partial charge in [0.2, 0.25) is 0 Å². The molecule has 0 heterocycles. The number of hydrogen-bond acceptors (Lipinski definition) is 2. The van der Waals surface area contributed by atoms with Crippen LogP contribution in [-0.2, 0) is 0 Å². The van der Waals surface area contributed by atoms with Gasteiger partial charge in [-0.2, -0.15) is 0 Å². The summed E-state index contributed by atoms with van der Waals surface area (Å²) in [6.07, 6.45) is 12.8. The molecule has 2 nitrogen and oxygen atoms in total. The molecule has 0 bridgehead atoms. The van der Waals surface area contributed by atoms with E-state index in [4.69, 9.17) is 5.73 Å². The highest BCUT2D eigenvalue weighted by molar-refractivity contribution is 4.90. The molecule has 16 heavy (non-hydrogen) atoms. The van der Waals surface area contributed by atoms with Crippen LogP contribution in [0.1, 0.15) is 57.8 Å². The van der Waals surface area contributed by atoms with E-state index < -0.39 is 0 Å². The molecule has 0 aromatic rings. The number of rotatable bonds is 6. The lowest BCUT2D eigenvalue weighted by Crippen LogP contribution is -2.45. The molecule has 0 saturated heterocycles. The highest BCUT2D eigenvalue weighted by Gasteiger charge is 2.34. The Kier molecular flexibility index (Phi) is 4.66. The second-order valence-corrected chi connectivity index (χ2v) is 6.03. The van der Waals surface area contributed by atoms with Gasteiger partial charge < -0.3 is 11.1 Å². The van der Waals surface area contributed by atoms with Gasteiger partial charge in [-0.05, 0) is 43.7 Å². The van der Waals surface area contributed by atoms with Gasteiger partial charge in [0.25, 0.3) is 0 Å². The average Bonchev–Trinajstić information content (AvgIpc) is 2.29. The van der Waals surface area contributed by atoms with Crippen molar-refractivity contribution in [3.05, 3.63) is 0 Å². The minimum absolute atomic E-state index is 0.479. The predicted molar refractivity (Wildman–Crippen MR) is 69.4 cm³/mol. The Morgan fingerprint density at radius 3 is 2.38 bits per heavy atom. The molecular formula is C14H28N2. The molecule has 0 aliphatic heterocycles. The molecule has 0 spiro atoms. The van der Waals surface area contributed by atoms with Crippen LogP contribution in [0.2, 0.25) is 0 Å². The summed E-state index contributed by atoms with van der Waals surface area (Å²) in [6, 6.07) is 0. The van der Waals surface area contributed by atoms with E-state index in [1.54, 1.807) is 0 Å². The average molecular weight is 224 g/mol. The summed E-state index contributed by atoms with van der Waals surface area (Å²) < 4.78 is 0. The van der Waals surface area contributed by atoms with Crippen LogP contribution in [0, 0.1) is 11.3 Å². The van der Waals surface area contributed by atoms with Crippen molar-refractivity contribution < 1.29 is 0 Å². The van der Waals surface area contributed by atoms with Crippen LogP contribution in [0.4, 0.5) is 0 Å². The predicted octanol–water partition coefficient (Wildman–Crippen LogP) is 2.68. The normalized spacial score (nSPS) is 25.3. The van der Waals surface area contributed by atoms with E-state index in [1.165, 1.54) is 64.3 Å². The van der Waals surface area contributed by atoms with Gasteiger partial charge in [0, 0.05) is 6.54 Å². The Bertz CT molecular complexity index is 187. The Balaban J connectivity index is 1.54. The second kappa shape index (κ2) is 6.02. The summed E-state index contributed by atoms with van der Waals surface area (Å²) >= 11 is 0. The van der Waals surface area contributed by atoms with E-state index in [-0.39, 0.29) is 0 Å². The fraction of sp³-hybridized carbons (Fsp3) is 1.00. The standard InChI is InChI=1S/C14H28N2/c15-11-14(8-4-9-14)12-16-10-7-13-5-2-1-3-6-13/h13,16H,1-12,15H2. The van der Waals surface area contributed by atoms with E-state index >= 15 is 0 Å². The van der Waals surface area contributed by atoms with E-state index in [0.29, 0.717) is 5.41 Å². The lowest BCUT2D eigenvalue weighted by atomic mass is 9.69. The molecule has 94 valence electrons. The third-order valence-electron chi connectivity index (χ3n) is 4.80. The SMILES string of the molecule is NCC1(CNCCC2CCCCC2)CCC1. The third-order valence-corrected chi connectivity index (χ3v) is 4.80. The Labute approximate surface area is 100 Å². The van der Waals surface area contributed by atoms with Gasteiger partial charge in [-0.1, -0.05) is 38.5 Å². The molecule has 2 rings (SSSR count). The summed E-state index contributed by atoms with van der Waals surface area (Å²) in [6.45, 7) is 3.26. The van der Waals surface area contributed by atoms with E-state index in [9.17, 15) is 0 Å². The lowest BCUT2D eigenvalue weighted by molar-refractivity contribution is 0.140. The van der Waals surface area contributed by atoms with Crippen molar-refractivity contribution in [1.29, 1.82) is 0 Å². The summed E-state index contributed by atoms with van der Waals surface area (Å²) in [5.41, 5.74) is 6.33. The minimum atomic E-state index is 0.479. The zero-order valence-electron chi connectivity index (χ0n) is 10.6. The van der Waals surface area contributed by atoms with Crippen molar-refractivity contribution in [2.24, 2.45) is 17.1 Å². The quantitative estimate of drug-likeness (QED) is 0.681. The number of nitrogens with two attached hydrogens (primary N) is 1. The smallest absolute Gasteiger partial charge is 0.00199 e. The van der Waals surface area contributed by atoms with E-state index in [2.05, 4.69) is 5.32 Å². The van der Waals surface area contributed by atoms with Crippen molar-refractivity contribution in [1.82, 2.24) is 5.32 Å². The van der Waals surface area contributed by atoms with Crippen LogP contribution in [0.5, 0.6) is 0 Å². The van der Waals surface area contributed by atoms with Gasteiger partial charge in [0.05, 0.1) is 0 Å². The van der Waals surface area contributed by atoms with E-state index in [0.717, 1.165) is 19.0 Å². The Hall–Kier alpha value is -0.0800. The number of hydrogen-bond donors (Lipinski definition) is 2. The Morgan fingerprint density at radius 1 is 1.06 bits per heavy atom. The zero-order valence-corrected chi connectivity index (χ0v) is 10.6. The number of nitrogens with one attached hydrogen (secondary N) is 1. The van der Waals surface area contributed by atoms with Gasteiger partial charge in [-0.3, -0.25) is 0 Å². The van der Waals surface area contributed by atoms with Crippen LogP contribution in [0.25, 0.3) is 0 Å². The Morgan fingerprint density at radius 2 is 1.81 bits per heavy atom. The van der Waals surface area contributed by atoms with Gasteiger partial charge in [0.15, 0.2) is 0 Å². The molecule has 2 fully saturated rings. The van der Waals surface area contributed by atoms with Crippen molar-refractivity contribution >= 4 is 0 Å².